The van der Waals surface area contributed by atoms with Crippen molar-refractivity contribution < 1.29 is 19.4 Å². The highest BCUT2D eigenvalue weighted by Gasteiger charge is 2.46. The number of piperidine rings is 1. The van der Waals surface area contributed by atoms with Crippen molar-refractivity contribution in [1.29, 1.82) is 0 Å². The lowest BCUT2D eigenvalue weighted by Crippen LogP contribution is -2.40. The number of benzene rings is 1. The molecule has 0 saturated carbocycles. The maximum atomic E-state index is 12.4. The number of aryl methyl sites for hydroxylation is 1. The van der Waals surface area contributed by atoms with Gasteiger partial charge < -0.3 is 14.7 Å². The first kappa shape index (κ1) is 16.8. The number of nitrogens with zero attached hydrogens (tertiary/aromatic N) is 2. The molecule has 0 spiro atoms. The monoisotopic (exact) mass is 332 g/mol. The van der Waals surface area contributed by atoms with Gasteiger partial charge in [-0.2, -0.15) is 0 Å². The Bertz CT molecular complexity index is 595. The molecule has 130 valence electrons. The Morgan fingerprint density at radius 2 is 2.17 bits per heavy atom. The van der Waals surface area contributed by atoms with Crippen molar-refractivity contribution in [3.8, 4) is 5.75 Å². The van der Waals surface area contributed by atoms with Crippen molar-refractivity contribution in [3.63, 3.8) is 0 Å². The minimum absolute atomic E-state index is 0.0157. The van der Waals surface area contributed by atoms with Gasteiger partial charge in [-0.3, -0.25) is 9.69 Å². The lowest BCUT2D eigenvalue weighted by Gasteiger charge is -2.26. The van der Waals surface area contributed by atoms with Gasteiger partial charge in [0, 0.05) is 6.54 Å². The average molecular weight is 332 g/mol. The number of urea groups is 1. The van der Waals surface area contributed by atoms with Crippen LogP contribution in [0.1, 0.15) is 31.7 Å². The Morgan fingerprint density at radius 3 is 2.92 bits per heavy atom. The first-order chi connectivity index (χ1) is 11.6. The van der Waals surface area contributed by atoms with Crippen LogP contribution in [0.5, 0.6) is 5.75 Å². The molecular weight excluding hydrogens is 308 g/mol. The Morgan fingerprint density at radius 1 is 1.33 bits per heavy atom. The summed E-state index contributed by atoms with van der Waals surface area (Å²) < 4.78 is 5.60. The summed E-state index contributed by atoms with van der Waals surface area (Å²) in [6, 6.07) is 7.07. The molecule has 2 fully saturated rings. The second kappa shape index (κ2) is 7.21. The molecule has 0 bridgehead atoms. The number of rotatable bonds is 6. The van der Waals surface area contributed by atoms with Crippen LogP contribution < -0.4 is 4.74 Å². The van der Waals surface area contributed by atoms with Crippen molar-refractivity contribution >= 4 is 11.9 Å². The van der Waals surface area contributed by atoms with E-state index in [1.807, 2.05) is 24.3 Å². The van der Waals surface area contributed by atoms with Crippen LogP contribution in [-0.2, 0) is 11.2 Å². The van der Waals surface area contributed by atoms with Crippen LogP contribution in [0.25, 0.3) is 0 Å². The molecule has 0 radical (unpaired) electrons. The third-order valence-corrected chi connectivity index (χ3v) is 4.67. The quantitative estimate of drug-likeness (QED) is 0.807. The third-order valence-electron chi connectivity index (χ3n) is 4.67. The highest BCUT2D eigenvalue weighted by Crippen LogP contribution is 2.26. The molecule has 2 unspecified atom stereocenters. The molecule has 6 nitrogen and oxygen atoms in total. The van der Waals surface area contributed by atoms with Gasteiger partial charge in [0.05, 0.1) is 6.54 Å². The SMILES string of the molecule is CCc1cccc(OCC(O)CN2C(=O)C3CCCCN3C2=O)c1. The number of ether oxygens (including phenoxy) is 1. The second-order valence-electron chi connectivity index (χ2n) is 6.40. The predicted octanol–water partition coefficient (Wildman–Crippen LogP) is 1.81. The van der Waals surface area contributed by atoms with Gasteiger partial charge in [0.25, 0.3) is 5.91 Å². The number of aliphatic hydroxyl groups is 1. The molecule has 1 N–H and O–H groups in total. The van der Waals surface area contributed by atoms with Crippen LogP contribution >= 0.6 is 0 Å². The lowest BCUT2D eigenvalue weighted by molar-refractivity contribution is -0.129. The Labute approximate surface area is 142 Å². The van der Waals surface area contributed by atoms with Gasteiger partial charge in [0.1, 0.15) is 24.5 Å². The van der Waals surface area contributed by atoms with Crippen LogP contribution in [-0.4, -0.2) is 58.7 Å². The van der Waals surface area contributed by atoms with Gasteiger partial charge in [-0.25, -0.2) is 4.79 Å². The van der Waals surface area contributed by atoms with Crippen molar-refractivity contribution in [2.24, 2.45) is 0 Å². The lowest BCUT2D eigenvalue weighted by atomic mass is 10.0. The highest BCUT2D eigenvalue weighted by atomic mass is 16.5. The van der Waals surface area contributed by atoms with Crippen molar-refractivity contribution in [1.82, 2.24) is 9.80 Å². The Balaban J connectivity index is 1.55. The van der Waals surface area contributed by atoms with E-state index in [0.29, 0.717) is 12.3 Å². The number of amides is 3. The first-order valence-electron chi connectivity index (χ1n) is 8.62. The zero-order chi connectivity index (χ0) is 17.1. The standard InChI is InChI=1S/C18H24N2O4/c1-2-13-6-5-7-15(10-13)24-12-14(21)11-20-17(22)16-8-3-4-9-19(16)18(20)23/h5-7,10,14,16,21H,2-4,8-9,11-12H2,1H3. The smallest absolute Gasteiger partial charge is 0.327 e. The van der Waals surface area contributed by atoms with E-state index < -0.39 is 6.10 Å². The molecule has 2 saturated heterocycles. The maximum Gasteiger partial charge on any atom is 0.327 e. The number of fused-ring (bicyclic) bond motifs is 1. The van der Waals surface area contributed by atoms with E-state index in [1.165, 1.54) is 4.90 Å². The van der Waals surface area contributed by atoms with E-state index >= 15 is 0 Å². The zero-order valence-corrected chi connectivity index (χ0v) is 14.0. The second-order valence-corrected chi connectivity index (χ2v) is 6.40. The summed E-state index contributed by atoms with van der Waals surface area (Å²) in [4.78, 5) is 27.5. The van der Waals surface area contributed by atoms with E-state index in [1.54, 1.807) is 4.90 Å². The van der Waals surface area contributed by atoms with Gasteiger partial charge in [-0.05, 0) is 43.4 Å². The highest BCUT2D eigenvalue weighted by molar-refractivity contribution is 6.04. The molecule has 1 aromatic rings. The first-order valence-corrected chi connectivity index (χ1v) is 8.62. The molecule has 3 rings (SSSR count). The van der Waals surface area contributed by atoms with Crippen LogP contribution in [0.4, 0.5) is 4.79 Å². The van der Waals surface area contributed by atoms with Crippen molar-refractivity contribution in [3.05, 3.63) is 29.8 Å². The van der Waals surface area contributed by atoms with Gasteiger partial charge >= 0.3 is 6.03 Å². The summed E-state index contributed by atoms with van der Waals surface area (Å²) >= 11 is 0. The number of aliphatic hydroxyl groups excluding tert-OH is 1. The van der Waals surface area contributed by atoms with Crippen molar-refractivity contribution in [2.45, 2.75) is 44.8 Å². The summed E-state index contributed by atoms with van der Waals surface area (Å²) in [6.45, 7) is 2.72. The molecule has 3 amide bonds. The molecule has 2 aliphatic heterocycles. The van der Waals surface area contributed by atoms with Crippen LogP contribution in [0.2, 0.25) is 0 Å². The van der Waals surface area contributed by atoms with Crippen molar-refractivity contribution in [2.75, 3.05) is 19.7 Å². The summed E-state index contributed by atoms with van der Waals surface area (Å²) in [5.41, 5.74) is 1.16. The number of hydrogen-bond donors (Lipinski definition) is 1. The summed E-state index contributed by atoms with van der Waals surface area (Å²) in [5, 5.41) is 10.2. The maximum absolute atomic E-state index is 12.4. The molecule has 2 aliphatic rings. The van der Waals surface area contributed by atoms with E-state index in [9.17, 15) is 14.7 Å². The molecule has 1 aromatic carbocycles. The summed E-state index contributed by atoms with van der Waals surface area (Å²) in [6.07, 6.45) is 2.63. The van der Waals surface area contributed by atoms with E-state index in [-0.39, 0.29) is 31.1 Å². The zero-order valence-electron chi connectivity index (χ0n) is 14.0. The van der Waals surface area contributed by atoms with E-state index in [4.69, 9.17) is 4.74 Å². The fourth-order valence-corrected chi connectivity index (χ4v) is 3.33. The van der Waals surface area contributed by atoms with Crippen LogP contribution in [0.15, 0.2) is 24.3 Å². The molecule has 24 heavy (non-hydrogen) atoms. The third kappa shape index (κ3) is 3.38. The molecule has 2 atom stereocenters. The van der Waals surface area contributed by atoms with Crippen LogP contribution in [0, 0.1) is 0 Å². The normalized spacial score (nSPS) is 21.8. The van der Waals surface area contributed by atoms with Gasteiger partial charge in [0.15, 0.2) is 0 Å². The fourth-order valence-electron chi connectivity index (χ4n) is 3.33. The Hall–Kier alpha value is -2.08. The summed E-state index contributed by atoms with van der Waals surface area (Å²) in [7, 11) is 0. The molecular formula is C18H24N2O4. The van der Waals surface area contributed by atoms with Crippen LogP contribution in [0.3, 0.4) is 0 Å². The van der Waals surface area contributed by atoms with E-state index in [0.717, 1.165) is 31.2 Å². The number of hydrogen-bond acceptors (Lipinski definition) is 4. The molecule has 0 aliphatic carbocycles. The largest absolute Gasteiger partial charge is 0.491 e. The van der Waals surface area contributed by atoms with E-state index in [2.05, 4.69) is 6.92 Å². The summed E-state index contributed by atoms with van der Waals surface area (Å²) in [5.74, 6) is 0.497. The van der Waals surface area contributed by atoms with Gasteiger partial charge in [-0.1, -0.05) is 19.1 Å². The minimum Gasteiger partial charge on any atom is -0.491 e. The Kier molecular flexibility index (Phi) is 5.04. The number of carbonyl (C=O) groups excluding carboxylic acids is 2. The fraction of sp³-hybridized carbons (Fsp3) is 0.556. The number of β-amino-alcohol motifs (C(OH)–C–C–N with tert-alkyl or cyclic N) is 1. The number of carbonyl (C=O) groups is 2. The number of imide groups is 1. The minimum atomic E-state index is -0.899. The topological polar surface area (TPSA) is 70.1 Å². The molecule has 6 heteroatoms. The average Bonchev–Trinajstić information content (AvgIpc) is 2.85. The van der Waals surface area contributed by atoms with Gasteiger partial charge in [0.2, 0.25) is 0 Å². The van der Waals surface area contributed by atoms with Gasteiger partial charge in [-0.15, -0.1) is 0 Å². The molecule has 2 heterocycles. The predicted molar refractivity (Wildman–Crippen MR) is 88.8 cm³/mol. The molecule has 0 aromatic heterocycles.